The topological polar surface area (TPSA) is 0 Å². The molecule has 0 aromatic rings. The van der Waals surface area contributed by atoms with Gasteiger partial charge < -0.3 is 0 Å². The molecule has 0 amide bonds. The molecule has 0 bridgehead atoms. The molecule has 1 saturated carbocycles. The summed E-state index contributed by atoms with van der Waals surface area (Å²) in [5, 5.41) is 0. The van der Waals surface area contributed by atoms with Crippen LogP contribution >= 0.6 is 0 Å². The summed E-state index contributed by atoms with van der Waals surface area (Å²) in [5.41, 5.74) is -7.02. The van der Waals surface area contributed by atoms with Gasteiger partial charge in [-0.25, -0.2) is 22.0 Å². The number of rotatable bonds is 1. The van der Waals surface area contributed by atoms with E-state index in [1.54, 1.807) is 0 Å². The second kappa shape index (κ2) is 6.51. The van der Waals surface area contributed by atoms with Crippen LogP contribution in [-0.4, -0.2) is 70.9 Å². The lowest BCUT2D eigenvalue weighted by Crippen LogP contribution is -2.71. The van der Waals surface area contributed by atoms with E-state index in [4.69, 9.17) is 0 Å². The molecule has 0 nitrogen and oxygen atoms in total. The molecule has 0 aliphatic heterocycles. The van der Waals surface area contributed by atoms with E-state index in [1.165, 1.54) is 0 Å². The van der Waals surface area contributed by atoms with Crippen molar-refractivity contribution in [1.82, 2.24) is 0 Å². The predicted molar refractivity (Wildman–Crippen MR) is 55.1 cm³/mol. The van der Waals surface area contributed by atoms with Crippen LogP contribution in [0.25, 0.3) is 0 Å². The van der Waals surface area contributed by atoms with Crippen molar-refractivity contribution >= 4 is 11.0 Å². The first-order chi connectivity index (χ1) is 11.5. The van der Waals surface area contributed by atoms with Crippen LogP contribution in [0.2, 0.25) is 0 Å². The third kappa shape index (κ3) is 2.64. The molecule has 2 atom stereocenters. The summed E-state index contributed by atoms with van der Waals surface area (Å²) in [7, 11) is 0. The molecule has 18 heteroatoms. The zero-order valence-corrected chi connectivity index (χ0v) is 13.2. The van der Waals surface area contributed by atoms with Gasteiger partial charge in [0.25, 0.3) is 6.43 Å². The van der Waals surface area contributed by atoms with Crippen molar-refractivity contribution in [3.05, 3.63) is 0 Å². The summed E-state index contributed by atoms with van der Waals surface area (Å²) in [4.78, 5) is 0. The van der Waals surface area contributed by atoms with Gasteiger partial charge in [0, 0.05) is 11.0 Å². The van der Waals surface area contributed by atoms with Crippen molar-refractivity contribution in [2.45, 2.75) is 60.0 Å². The van der Waals surface area contributed by atoms with Gasteiger partial charge in [0.1, 0.15) is 0 Å². The van der Waals surface area contributed by atoms with Crippen molar-refractivity contribution < 1.29 is 74.6 Å². The minimum Gasteiger partial charge on any atom is -0.237 e. The Kier molecular flexibility index (Phi) is 6.29. The Balaban J connectivity index is 0.00000729. The summed E-state index contributed by atoms with van der Waals surface area (Å²) in [6, 6.07) is 0. The van der Waals surface area contributed by atoms with Crippen LogP contribution in [0.3, 0.4) is 0 Å². The minimum absolute atomic E-state index is 0. The van der Waals surface area contributed by atoms with Crippen molar-refractivity contribution in [3.63, 3.8) is 0 Å². The Hall–Kier alpha value is -0.973. The number of hydrogen-bond donors (Lipinski definition) is 0. The molecule has 2 unspecified atom stereocenters. The average molecular weight is 474 g/mol. The smallest absolute Gasteiger partial charge is 0.237 e. The molecule has 1 fully saturated rings. The average Bonchev–Trinajstić information content (AvgIpc) is 2.50. The Bertz CT molecular complexity index is 538. The van der Waals surface area contributed by atoms with Gasteiger partial charge in [-0.3, -0.25) is 0 Å². The molecular formula is C10H3F17Si. The third-order valence-electron chi connectivity index (χ3n) is 3.77. The van der Waals surface area contributed by atoms with Gasteiger partial charge in [0.05, 0.1) is 0 Å². The maximum Gasteiger partial charge on any atom is 0.384 e. The van der Waals surface area contributed by atoms with Crippen molar-refractivity contribution in [1.29, 1.82) is 0 Å². The molecular weight excluding hydrogens is 471 g/mol. The van der Waals surface area contributed by atoms with E-state index in [0.29, 0.717) is 0 Å². The molecule has 28 heavy (non-hydrogen) atoms. The highest BCUT2D eigenvalue weighted by atomic mass is 28.1. The molecule has 0 spiro atoms. The fourth-order valence-electron chi connectivity index (χ4n) is 2.04. The maximum absolute atomic E-state index is 13.7. The lowest BCUT2D eigenvalue weighted by atomic mass is 9.85. The van der Waals surface area contributed by atoms with E-state index in [-0.39, 0.29) is 11.0 Å². The molecule has 0 aromatic heterocycles. The molecule has 1 aliphatic carbocycles. The summed E-state index contributed by atoms with van der Waals surface area (Å²) in [6.07, 6.45) is -18.6. The first-order valence-corrected chi connectivity index (χ1v) is 6.02. The Labute approximate surface area is 147 Å². The van der Waals surface area contributed by atoms with Gasteiger partial charge in [-0.1, -0.05) is 0 Å². The third-order valence-corrected chi connectivity index (χ3v) is 3.77. The van der Waals surface area contributed by atoms with E-state index >= 15 is 0 Å². The van der Waals surface area contributed by atoms with Crippen molar-refractivity contribution in [3.8, 4) is 0 Å². The van der Waals surface area contributed by atoms with E-state index in [9.17, 15) is 74.6 Å². The molecule has 0 saturated heterocycles. The maximum atomic E-state index is 13.7. The summed E-state index contributed by atoms with van der Waals surface area (Å²) in [5.74, 6) is -48.4. The fraction of sp³-hybridized carbons (Fsp3) is 1.00. The Morgan fingerprint density at radius 2 is 0.679 bits per heavy atom. The van der Waals surface area contributed by atoms with Crippen LogP contribution in [0.4, 0.5) is 74.6 Å². The Morgan fingerprint density at radius 1 is 0.464 bits per heavy atom. The largest absolute Gasteiger partial charge is 0.384 e. The van der Waals surface area contributed by atoms with Gasteiger partial charge in [-0.15, -0.1) is 0 Å². The first kappa shape index (κ1) is 27.0. The van der Waals surface area contributed by atoms with Gasteiger partial charge in [-0.2, -0.15) is 52.7 Å². The normalized spacial score (nSPS) is 37.9. The highest BCUT2D eigenvalue weighted by molar-refractivity contribution is 5.75. The summed E-state index contributed by atoms with van der Waals surface area (Å²) in [6.45, 7) is 0. The first-order valence-electron chi connectivity index (χ1n) is 6.02. The van der Waals surface area contributed by atoms with Crippen molar-refractivity contribution in [2.75, 3.05) is 0 Å². The standard InChI is InChI=1S/C10H3F17.Si/c11-1-4(15,3(13)14)2(12)6(18,19)8(22,23)10(26,27)9(24,25)7(20,21)5(1,16)17;/h1-3H;. The molecule has 0 aromatic carbocycles. The summed E-state index contributed by atoms with van der Waals surface area (Å²) < 4.78 is 223. The predicted octanol–water partition coefficient (Wildman–Crippen LogP) is 5.08. The Morgan fingerprint density at radius 3 is 0.857 bits per heavy atom. The van der Waals surface area contributed by atoms with Crippen molar-refractivity contribution in [2.24, 2.45) is 0 Å². The molecule has 1 aliphatic rings. The SMILES string of the molecule is FC(F)C1(F)C(F)C(F)(F)C(F)(F)C(F)(F)C(F)(F)C(F)(F)C(F)(F)C1F.[Si]. The van der Waals surface area contributed by atoms with Gasteiger partial charge in [0.2, 0.25) is 18.0 Å². The number of alkyl halides is 17. The van der Waals surface area contributed by atoms with Gasteiger partial charge >= 0.3 is 35.5 Å². The van der Waals surface area contributed by atoms with Crippen LogP contribution in [0.5, 0.6) is 0 Å². The van der Waals surface area contributed by atoms with E-state index in [2.05, 4.69) is 0 Å². The quantitative estimate of drug-likeness (QED) is 0.368. The van der Waals surface area contributed by atoms with Crippen LogP contribution < -0.4 is 0 Å². The zero-order chi connectivity index (χ0) is 22.2. The minimum atomic E-state index is -8.28. The van der Waals surface area contributed by atoms with E-state index in [1.807, 2.05) is 0 Å². The summed E-state index contributed by atoms with van der Waals surface area (Å²) >= 11 is 0. The van der Waals surface area contributed by atoms with Gasteiger partial charge in [-0.05, 0) is 0 Å². The molecule has 0 heterocycles. The zero-order valence-electron chi connectivity index (χ0n) is 12.2. The number of hydrogen-bond acceptors (Lipinski definition) is 0. The number of halogens is 17. The second-order valence-corrected chi connectivity index (χ2v) is 5.40. The monoisotopic (exact) mass is 474 g/mol. The fourth-order valence-corrected chi connectivity index (χ4v) is 2.04. The van der Waals surface area contributed by atoms with Crippen LogP contribution in [-0.2, 0) is 0 Å². The molecule has 0 N–H and O–H groups in total. The van der Waals surface area contributed by atoms with Crippen LogP contribution in [0.15, 0.2) is 0 Å². The lowest BCUT2D eigenvalue weighted by molar-refractivity contribution is -0.426. The second-order valence-electron chi connectivity index (χ2n) is 5.40. The van der Waals surface area contributed by atoms with E-state index in [0.717, 1.165) is 0 Å². The molecule has 166 valence electrons. The molecule has 1 rings (SSSR count). The van der Waals surface area contributed by atoms with Crippen LogP contribution in [0, 0.1) is 0 Å². The molecule has 4 radical (unpaired) electrons. The highest BCUT2D eigenvalue weighted by Gasteiger charge is 2.95. The van der Waals surface area contributed by atoms with Crippen LogP contribution in [0.1, 0.15) is 0 Å². The highest BCUT2D eigenvalue weighted by Crippen LogP contribution is 2.65. The van der Waals surface area contributed by atoms with Gasteiger partial charge in [0.15, 0.2) is 0 Å². The van der Waals surface area contributed by atoms with E-state index < -0.39 is 60.0 Å². The lowest BCUT2D eigenvalue weighted by Gasteiger charge is -2.40.